The van der Waals surface area contributed by atoms with Crippen LogP contribution in [-0.2, 0) is 0 Å². The fraction of sp³-hybridized carbons (Fsp3) is 0. The number of rotatable bonds is 0. The van der Waals surface area contributed by atoms with Gasteiger partial charge in [0.15, 0.2) is 8.51 Å². The maximum Gasteiger partial charge on any atom is 0.293 e. The third kappa shape index (κ3) is 2.31. The van der Waals surface area contributed by atoms with Crippen LogP contribution in [0.1, 0.15) is 0 Å². The van der Waals surface area contributed by atoms with Crippen LogP contribution < -0.4 is 0 Å². The van der Waals surface area contributed by atoms with E-state index in [1.807, 2.05) is 0 Å². The summed E-state index contributed by atoms with van der Waals surface area (Å²) < 4.78 is 74.1. The molecule has 3 atom stereocenters. The van der Waals surface area contributed by atoms with Crippen LogP contribution in [0.3, 0.4) is 0 Å². The first-order valence-corrected chi connectivity index (χ1v) is 6.83. The molecule has 0 amide bonds. The highest BCUT2D eigenvalue weighted by Crippen LogP contribution is 2.44. The van der Waals surface area contributed by atoms with E-state index in [-0.39, 0.29) is 0 Å². The van der Waals surface area contributed by atoms with E-state index in [0.29, 0.717) is 0 Å². The van der Waals surface area contributed by atoms with E-state index in [0.717, 1.165) is 0 Å². The summed E-state index contributed by atoms with van der Waals surface area (Å²) in [6, 6.07) is 0. The normalized spacial score (nSPS) is 14.6. The van der Waals surface area contributed by atoms with E-state index in [1.165, 1.54) is 0 Å². The van der Waals surface area contributed by atoms with Gasteiger partial charge in [0.1, 0.15) is 0 Å². The smallest absolute Gasteiger partial charge is 0.147 e. The Morgan fingerprint density at radius 1 is 0.929 bits per heavy atom. The van der Waals surface area contributed by atoms with Crippen LogP contribution in [-0.4, -0.2) is 17.5 Å². The minimum Gasteiger partial charge on any atom is -0.147 e. The second-order valence-electron chi connectivity index (χ2n) is 1.62. The molecule has 1 rings (SSSR count). The molecule has 14 heavy (non-hydrogen) atoms. The van der Waals surface area contributed by atoms with Crippen LogP contribution in [0.25, 0.3) is 0 Å². The van der Waals surface area contributed by atoms with Crippen LogP contribution in [0.2, 0.25) is 0 Å². The molecule has 0 aliphatic heterocycles. The second kappa shape index (κ2) is 4.67. The fourth-order valence-electron chi connectivity index (χ4n) is 0.376. The van der Waals surface area contributed by atoms with Gasteiger partial charge in [-0.25, -0.2) is 0 Å². The largest absolute Gasteiger partial charge is 0.293 e. The lowest BCUT2D eigenvalue weighted by atomic mass is 13.7. The SMILES string of the molecule is Fn1pnp(F)n(F)p(F)n(F)p1F. The topological polar surface area (TPSA) is 27.7 Å². The number of nitrogens with zero attached hydrogens (tertiary/aromatic N) is 4. The lowest BCUT2D eigenvalue weighted by molar-refractivity contribution is 0.382. The van der Waals surface area contributed by atoms with Gasteiger partial charge < -0.3 is 0 Å². The van der Waals surface area contributed by atoms with Gasteiger partial charge in [-0.1, -0.05) is 26.4 Å². The average molecular weight is 294 g/mol. The maximum absolute atomic E-state index is 12.5. The molecule has 0 N–H and O–H groups in total. The minimum absolute atomic E-state index is 0.855. The Balaban J connectivity index is 3.71. The molecule has 82 valence electrons. The summed E-state index contributed by atoms with van der Waals surface area (Å²) in [4.78, 5) is 0. The second-order valence-corrected chi connectivity index (χ2v) is 7.01. The molecule has 0 saturated carbocycles. The first kappa shape index (κ1) is 12.1. The van der Waals surface area contributed by atoms with Gasteiger partial charge in [0.05, 0.1) is 0 Å². The zero-order chi connectivity index (χ0) is 10.9. The van der Waals surface area contributed by atoms with E-state index in [2.05, 4.69) is 4.51 Å². The molecule has 0 aliphatic carbocycles. The Hall–Kier alpha value is -0.0200. The number of hydrogen-bond acceptors (Lipinski definition) is 1. The van der Waals surface area contributed by atoms with Gasteiger partial charge in [0, 0.05) is 0 Å². The van der Waals surface area contributed by atoms with Gasteiger partial charge in [-0.15, -0.1) is 17.1 Å². The number of aromatic nitrogens is 4. The van der Waals surface area contributed by atoms with Crippen molar-refractivity contribution in [1.82, 2.24) is 17.5 Å². The molecular formula is F6N4P4. The summed E-state index contributed by atoms with van der Waals surface area (Å²) in [6.45, 7) is 0. The summed E-state index contributed by atoms with van der Waals surface area (Å²) in [7, 11) is -12.2. The monoisotopic (exact) mass is 294 g/mol. The van der Waals surface area contributed by atoms with Crippen LogP contribution in [0.15, 0.2) is 0 Å². The van der Waals surface area contributed by atoms with Gasteiger partial charge in [0.25, 0.3) is 24.5 Å². The first-order valence-electron chi connectivity index (χ1n) is 2.61. The van der Waals surface area contributed by atoms with Crippen molar-refractivity contribution in [2.45, 2.75) is 0 Å². The molecule has 0 spiro atoms. The quantitative estimate of drug-likeness (QED) is 0.639. The number of hydrogen-bond donors (Lipinski definition) is 0. The van der Waals surface area contributed by atoms with Crippen molar-refractivity contribution in [3.63, 3.8) is 0 Å². The maximum atomic E-state index is 12.5. The molecule has 0 fully saturated rings. The van der Waals surface area contributed by atoms with Crippen molar-refractivity contribution in [1.29, 1.82) is 0 Å². The molecule has 4 nitrogen and oxygen atoms in total. The van der Waals surface area contributed by atoms with Gasteiger partial charge in [0.2, 0.25) is 0 Å². The third-order valence-corrected chi connectivity index (χ3v) is 5.74. The lowest BCUT2D eigenvalue weighted by Gasteiger charge is -1.99. The Morgan fingerprint density at radius 3 is 2.07 bits per heavy atom. The zero-order valence-corrected chi connectivity index (χ0v) is 9.42. The van der Waals surface area contributed by atoms with E-state index in [4.69, 9.17) is 0 Å². The van der Waals surface area contributed by atoms with Gasteiger partial charge in [-0.3, -0.25) is 0 Å². The fourth-order valence-corrected chi connectivity index (χ4v) is 4.52. The number of halogens is 6. The van der Waals surface area contributed by atoms with Gasteiger partial charge >= 0.3 is 0 Å². The Morgan fingerprint density at radius 2 is 1.50 bits per heavy atom. The van der Waals surface area contributed by atoms with E-state index < -0.39 is 45.9 Å². The van der Waals surface area contributed by atoms with Crippen molar-refractivity contribution in [2.24, 2.45) is 0 Å². The summed E-state index contributed by atoms with van der Waals surface area (Å²) in [5.41, 5.74) is 0. The predicted octanol–water partition coefficient (Wildman–Crippen LogP) is 4.67. The van der Waals surface area contributed by atoms with Gasteiger partial charge in [-0.2, -0.15) is 0 Å². The zero-order valence-electron chi connectivity index (χ0n) is 5.85. The molecule has 1 aromatic rings. The third-order valence-electron chi connectivity index (χ3n) is 0.869. The molecule has 0 bridgehead atoms. The highest BCUT2D eigenvalue weighted by Gasteiger charge is 2.13. The molecule has 1 heterocycles. The Kier molecular flexibility index (Phi) is 4.02. The molecule has 0 aliphatic rings. The van der Waals surface area contributed by atoms with Gasteiger partial charge in [-0.05, 0) is 0 Å². The van der Waals surface area contributed by atoms with Crippen LogP contribution in [0.4, 0.5) is 26.0 Å². The molecular weight excluding hydrogens is 294 g/mol. The van der Waals surface area contributed by atoms with Crippen LogP contribution in [0.5, 0.6) is 0 Å². The molecule has 0 saturated heterocycles. The van der Waals surface area contributed by atoms with Crippen LogP contribution in [0, 0.1) is 0 Å². The molecule has 1 aromatic heterocycles. The lowest BCUT2D eigenvalue weighted by Crippen LogP contribution is -1.84. The summed E-state index contributed by atoms with van der Waals surface area (Å²) >= 11 is 0. The standard InChI is InChI=1S/F6N4P4/c1-8-11-7-12(4)9(2)14(6)10(3)13(8)5. The van der Waals surface area contributed by atoms with E-state index in [1.54, 1.807) is 0 Å². The van der Waals surface area contributed by atoms with Crippen molar-refractivity contribution in [3.05, 3.63) is 0 Å². The van der Waals surface area contributed by atoms with Crippen molar-refractivity contribution >= 4 is 33.0 Å². The molecule has 0 radical (unpaired) electrons. The first-order chi connectivity index (χ1) is 6.45. The Bertz CT molecular complexity index is 368. The predicted molar refractivity (Wildman–Crippen MR) is 43.1 cm³/mol. The summed E-state index contributed by atoms with van der Waals surface area (Å²) in [5.74, 6) is 0. The molecule has 0 aromatic carbocycles. The van der Waals surface area contributed by atoms with E-state index >= 15 is 0 Å². The average Bonchev–Trinajstić information content (AvgIpc) is 2.19. The Labute approximate surface area is 77.3 Å². The highest BCUT2D eigenvalue weighted by atomic mass is 31.2. The van der Waals surface area contributed by atoms with Crippen molar-refractivity contribution in [3.8, 4) is 0 Å². The molecule has 3 unspecified atom stereocenters. The van der Waals surface area contributed by atoms with Crippen molar-refractivity contribution < 1.29 is 26.0 Å². The molecule has 14 heteroatoms. The highest BCUT2D eigenvalue weighted by molar-refractivity contribution is 7.56. The summed E-state index contributed by atoms with van der Waals surface area (Å²) in [5, 5.41) is 0. The minimum atomic E-state index is -4.00. The van der Waals surface area contributed by atoms with E-state index in [9.17, 15) is 26.0 Å². The summed E-state index contributed by atoms with van der Waals surface area (Å²) in [6.07, 6.45) is 0. The van der Waals surface area contributed by atoms with Crippen molar-refractivity contribution in [2.75, 3.05) is 0 Å². The van der Waals surface area contributed by atoms with Crippen LogP contribution >= 0.6 is 33.0 Å².